The Bertz CT molecular complexity index is 608. The molecule has 24 heavy (non-hydrogen) atoms. The highest BCUT2D eigenvalue weighted by molar-refractivity contribution is 5.97. The molecule has 1 aliphatic rings. The summed E-state index contributed by atoms with van der Waals surface area (Å²) in [7, 11) is 0. The van der Waals surface area contributed by atoms with Gasteiger partial charge in [0.1, 0.15) is 6.04 Å². The standard InChI is InChI=1S/C15H21F3N4O2/c1-8(2)12(21-14(24)15(16,17)18)13(23)20-11-6-19-22(7-11)9(3)10-4-5-10/h6-10,12H,4-5H2,1-3H3,(H,20,23)(H,21,24)/t9?,12-/m0/s1. The molecule has 1 unspecified atom stereocenters. The Morgan fingerprint density at radius 3 is 2.42 bits per heavy atom. The first kappa shape index (κ1) is 18.3. The van der Waals surface area contributed by atoms with Crippen molar-refractivity contribution < 1.29 is 22.8 Å². The van der Waals surface area contributed by atoms with Gasteiger partial charge in [-0.15, -0.1) is 0 Å². The Morgan fingerprint density at radius 2 is 1.92 bits per heavy atom. The summed E-state index contributed by atoms with van der Waals surface area (Å²) in [6, 6.07) is -1.08. The zero-order valence-corrected chi connectivity index (χ0v) is 13.7. The zero-order chi connectivity index (χ0) is 18.1. The summed E-state index contributed by atoms with van der Waals surface area (Å²) in [6.07, 6.45) is 0.338. The summed E-state index contributed by atoms with van der Waals surface area (Å²) in [5.41, 5.74) is 0.388. The van der Waals surface area contributed by atoms with Crippen molar-refractivity contribution in [3.8, 4) is 0 Å². The summed E-state index contributed by atoms with van der Waals surface area (Å²) < 4.78 is 38.9. The van der Waals surface area contributed by atoms with Gasteiger partial charge in [-0.05, 0) is 31.6 Å². The predicted molar refractivity (Wildman–Crippen MR) is 81.1 cm³/mol. The Kier molecular flexibility index (Phi) is 5.19. The van der Waals surface area contributed by atoms with Crippen LogP contribution in [0.5, 0.6) is 0 Å². The highest BCUT2D eigenvalue weighted by Crippen LogP contribution is 2.39. The molecule has 2 atom stereocenters. The maximum absolute atomic E-state index is 12.4. The number of nitrogens with zero attached hydrogens (tertiary/aromatic N) is 2. The number of hydrogen-bond acceptors (Lipinski definition) is 3. The number of amides is 2. The smallest absolute Gasteiger partial charge is 0.336 e. The molecule has 2 amide bonds. The molecule has 9 heteroatoms. The summed E-state index contributed by atoms with van der Waals surface area (Å²) >= 11 is 0. The van der Waals surface area contributed by atoms with Crippen LogP contribution in [-0.2, 0) is 9.59 Å². The molecule has 0 radical (unpaired) electrons. The van der Waals surface area contributed by atoms with E-state index in [0.29, 0.717) is 11.6 Å². The Balaban J connectivity index is 2.01. The third-order valence-electron chi connectivity index (χ3n) is 4.08. The van der Waals surface area contributed by atoms with Crippen molar-refractivity contribution >= 4 is 17.5 Å². The molecule has 1 saturated carbocycles. The number of alkyl halides is 3. The Labute approximate surface area is 137 Å². The maximum Gasteiger partial charge on any atom is 0.471 e. The highest BCUT2D eigenvalue weighted by Gasteiger charge is 2.41. The molecule has 1 fully saturated rings. The third kappa shape index (κ3) is 4.48. The molecule has 134 valence electrons. The highest BCUT2D eigenvalue weighted by atomic mass is 19.4. The van der Waals surface area contributed by atoms with E-state index < -0.39 is 30.0 Å². The fourth-order valence-corrected chi connectivity index (χ4v) is 2.40. The van der Waals surface area contributed by atoms with Crippen LogP contribution in [0.25, 0.3) is 0 Å². The second-order valence-electron chi connectivity index (χ2n) is 6.47. The van der Waals surface area contributed by atoms with Crippen molar-refractivity contribution in [3.05, 3.63) is 12.4 Å². The van der Waals surface area contributed by atoms with Crippen molar-refractivity contribution in [2.75, 3.05) is 5.32 Å². The summed E-state index contributed by atoms with van der Waals surface area (Å²) in [5, 5.41) is 8.41. The fraction of sp³-hybridized carbons (Fsp3) is 0.667. The minimum atomic E-state index is -5.03. The van der Waals surface area contributed by atoms with Gasteiger partial charge in [0, 0.05) is 6.20 Å². The minimum absolute atomic E-state index is 0.210. The molecule has 0 saturated heterocycles. The van der Waals surface area contributed by atoms with E-state index in [1.54, 1.807) is 30.0 Å². The maximum atomic E-state index is 12.4. The second kappa shape index (κ2) is 6.82. The van der Waals surface area contributed by atoms with Crippen LogP contribution in [0.3, 0.4) is 0 Å². The van der Waals surface area contributed by atoms with Crippen LogP contribution in [0.15, 0.2) is 12.4 Å². The van der Waals surface area contributed by atoms with Crippen LogP contribution >= 0.6 is 0 Å². The van der Waals surface area contributed by atoms with Crippen molar-refractivity contribution in [1.82, 2.24) is 15.1 Å². The predicted octanol–water partition coefficient (Wildman–Crippen LogP) is 2.50. The number of halogens is 3. The zero-order valence-electron chi connectivity index (χ0n) is 13.7. The fourth-order valence-electron chi connectivity index (χ4n) is 2.40. The van der Waals surface area contributed by atoms with Crippen molar-refractivity contribution in [2.24, 2.45) is 11.8 Å². The molecule has 2 N–H and O–H groups in total. The lowest BCUT2D eigenvalue weighted by Gasteiger charge is -2.21. The summed E-state index contributed by atoms with van der Waals surface area (Å²) in [6.45, 7) is 5.13. The molecule has 6 nitrogen and oxygen atoms in total. The first-order chi connectivity index (χ1) is 11.1. The molecule has 0 spiro atoms. The van der Waals surface area contributed by atoms with Gasteiger partial charge < -0.3 is 10.6 Å². The van der Waals surface area contributed by atoms with E-state index in [0.717, 1.165) is 12.8 Å². The number of hydrogen-bond donors (Lipinski definition) is 2. The van der Waals surface area contributed by atoms with Crippen LogP contribution in [0.1, 0.15) is 39.7 Å². The van der Waals surface area contributed by atoms with Crippen molar-refractivity contribution in [2.45, 2.75) is 51.9 Å². The number of nitrogens with one attached hydrogen (secondary N) is 2. The average Bonchev–Trinajstić information content (AvgIpc) is 3.22. The van der Waals surface area contributed by atoms with Gasteiger partial charge in [0.15, 0.2) is 0 Å². The first-order valence-corrected chi connectivity index (χ1v) is 7.82. The molecule has 1 aromatic rings. The molecule has 1 heterocycles. The number of aromatic nitrogens is 2. The lowest BCUT2D eigenvalue weighted by Crippen LogP contribution is -2.51. The Hall–Kier alpha value is -2.06. The topological polar surface area (TPSA) is 76.0 Å². The van der Waals surface area contributed by atoms with Gasteiger partial charge in [0.05, 0.1) is 17.9 Å². The number of rotatable bonds is 6. The van der Waals surface area contributed by atoms with Gasteiger partial charge in [-0.3, -0.25) is 14.3 Å². The van der Waals surface area contributed by atoms with E-state index in [9.17, 15) is 22.8 Å². The minimum Gasteiger partial charge on any atom is -0.336 e. The molecule has 0 aromatic carbocycles. The molecule has 2 rings (SSSR count). The lowest BCUT2D eigenvalue weighted by atomic mass is 10.0. The third-order valence-corrected chi connectivity index (χ3v) is 4.08. The van der Waals surface area contributed by atoms with Crippen LogP contribution in [-0.4, -0.2) is 33.8 Å². The average molecular weight is 346 g/mol. The monoisotopic (exact) mass is 346 g/mol. The van der Waals surface area contributed by atoms with E-state index in [-0.39, 0.29) is 6.04 Å². The van der Waals surface area contributed by atoms with E-state index in [2.05, 4.69) is 10.4 Å². The van der Waals surface area contributed by atoms with E-state index in [1.165, 1.54) is 6.20 Å². The van der Waals surface area contributed by atoms with Gasteiger partial charge in [0.25, 0.3) is 0 Å². The van der Waals surface area contributed by atoms with Crippen molar-refractivity contribution in [1.29, 1.82) is 0 Å². The summed E-state index contributed by atoms with van der Waals surface area (Å²) in [4.78, 5) is 23.3. The number of carbonyl (C=O) groups is 2. The van der Waals surface area contributed by atoms with Crippen LogP contribution in [0.2, 0.25) is 0 Å². The van der Waals surface area contributed by atoms with E-state index in [1.807, 2.05) is 6.92 Å². The molecule has 1 aromatic heterocycles. The molecule has 0 aliphatic heterocycles. The van der Waals surface area contributed by atoms with E-state index >= 15 is 0 Å². The number of anilines is 1. The normalized spacial score (nSPS) is 17.5. The lowest BCUT2D eigenvalue weighted by molar-refractivity contribution is -0.175. The van der Waals surface area contributed by atoms with Crippen molar-refractivity contribution in [3.63, 3.8) is 0 Å². The molecular formula is C15H21F3N4O2. The Morgan fingerprint density at radius 1 is 1.29 bits per heavy atom. The summed E-state index contributed by atoms with van der Waals surface area (Å²) in [5.74, 6) is -2.77. The van der Waals surface area contributed by atoms with Gasteiger partial charge in [-0.1, -0.05) is 13.8 Å². The van der Waals surface area contributed by atoms with Gasteiger partial charge in [-0.2, -0.15) is 18.3 Å². The van der Waals surface area contributed by atoms with Crippen LogP contribution < -0.4 is 10.6 Å². The second-order valence-corrected chi connectivity index (χ2v) is 6.47. The van der Waals surface area contributed by atoms with Gasteiger partial charge in [0.2, 0.25) is 5.91 Å². The van der Waals surface area contributed by atoms with E-state index in [4.69, 9.17) is 0 Å². The van der Waals surface area contributed by atoms with Gasteiger partial charge >= 0.3 is 12.1 Å². The van der Waals surface area contributed by atoms with Crippen LogP contribution in [0.4, 0.5) is 18.9 Å². The quantitative estimate of drug-likeness (QED) is 0.831. The first-order valence-electron chi connectivity index (χ1n) is 7.82. The van der Waals surface area contributed by atoms with Crippen LogP contribution in [0, 0.1) is 11.8 Å². The van der Waals surface area contributed by atoms with Gasteiger partial charge in [-0.25, -0.2) is 0 Å². The SMILES string of the molecule is CC(C)[C@H](NC(=O)C(F)(F)F)C(=O)Nc1cnn(C(C)C2CC2)c1. The number of carbonyl (C=O) groups excluding carboxylic acids is 2. The molecular weight excluding hydrogens is 325 g/mol. The largest absolute Gasteiger partial charge is 0.471 e. The molecule has 0 bridgehead atoms. The molecule has 1 aliphatic carbocycles.